The maximum Gasteiger partial charge on any atom is 0.387 e. The van der Waals surface area contributed by atoms with Crippen LogP contribution in [0.3, 0.4) is 0 Å². The van der Waals surface area contributed by atoms with Crippen molar-refractivity contribution in [3.8, 4) is 28.5 Å². The van der Waals surface area contributed by atoms with Gasteiger partial charge in [0.05, 0.1) is 25.6 Å². The predicted molar refractivity (Wildman–Crippen MR) is 116 cm³/mol. The fraction of sp³-hybridized carbons (Fsp3) is 0.391. The molecule has 3 aromatic rings. The summed E-state index contributed by atoms with van der Waals surface area (Å²) in [5.74, 6) is -0.175. The van der Waals surface area contributed by atoms with Crippen LogP contribution in [-0.2, 0) is 0 Å². The van der Waals surface area contributed by atoms with Crippen LogP contribution in [0, 0.1) is 0 Å². The molecule has 0 atom stereocenters. The van der Waals surface area contributed by atoms with Crippen LogP contribution in [0.1, 0.15) is 37.0 Å². The van der Waals surface area contributed by atoms with Gasteiger partial charge in [0.15, 0.2) is 0 Å². The average molecular weight is 461 g/mol. The molecule has 1 aromatic carbocycles. The SMILES string of the molecule is COc1cc(-c2cnc3cc(OC(C)(C)CO)ccn23)cc(OC(F)F)c1C(=O)NC1CC1. The number of pyridine rings is 1. The number of fused-ring (bicyclic) bond motifs is 1. The number of carbonyl (C=O) groups excluding carboxylic acids is 1. The van der Waals surface area contributed by atoms with E-state index in [-0.39, 0.29) is 29.7 Å². The van der Waals surface area contributed by atoms with Gasteiger partial charge in [0.1, 0.15) is 34.1 Å². The number of hydrogen-bond donors (Lipinski definition) is 2. The van der Waals surface area contributed by atoms with Crippen molar-refractivity contribution in [1.29, 1.82) is 0 Å². The summed E-state index contributed by atoms with van der Waals surface area (Å²) < 4.78 is 43.9. The van der Waals surface area contributed by atoms with E-state index in [1.165, 1.54) is 13.2 Å². The van der Waals surface area contributed by atoms with Crippen LogP contribution in [0.15, 0.2) is 36.7 Å². The number of nitrogens with zero attached hydrogens (tertiary/aromatic N) is 2. The maximum absolute atomic E-state index is 13.2. The molecule has 2 heterocycles. The molecule has 0 aliphatic heterocycles. The van der Waals surface area contributed by atoms with Gasteiger partial charge in [0.25, 0.3) is 5.91 Å². The Hall–Kier alpha value is -3.40. The molecule has 10 heteroatoms. The number of carbonyl (C=O) groups is 1. The first kappa shape index (κ1) is 22.8. The van der Waals surface area contributed by atoms with E-state index in [2.05, 4.69) is 10.3 Å². The second-order valence-corrected chi connectivity index (χ2v) is 8.43. The maximum atomic E-state index is 13.2. The number of aromatic nitrogens is 2. The molecule has 0 spiro atoms. The number of aliphatic hydroxyl groups is 1. The molecular formula is C23H25F2N3O5. The number of imidazole rings is 1. The lowest BCUT2D eigenvalue weighted by atomic mass is 10.1. The highest BCUT2D eigenvalue weighted by Gasteiger charge is 2.29. The fourth-order valence-corrected chi connectivity index (χ4v) is 3.39. The number of alkyl halides is 2. The number of rotatable bonds is 9. The van der Waals surface area contributed by atoms with Gasteiger partial charge in [0.2, 0.25) is 0 Å². The number of nitrogens with one attached hydrogen (secondary N) is 1. The van der Waals surface area contributed by atoms with Crippen molar-refractivity contribution >= 4 is 11.6 Å². The minimum atomic E-state index is -3.12. The van der Waals surface area contributed by atoms with Crippen molar-refractivity contribution in [1.82, 2.24) is 14.7 Å². The fourth-order valence-electron chi connectivity index (χ4n) is 3.39. The van der Waals surface area contributed by atoms with Gasteiger partial charge in [-0.15, -0.1) is 0 Å². The van der Waals surface area contributed by atoms with E-state index in [0.29, 0.717) is 22.7 Å². The van der Waals surface area contributed by atoms with Crippen LogP contribution in [0.25, 0.3) is 16.9 Å². The number of ether oxygens (including phenoxy) is 3. The molecule has 0 radical (unpaired) electrons. The van der Waals surface area contributed by atoms with E-state index in [0.717, 1.165) is 12.8 Å². The highest BCUT2D eigenvalue weighted by atomic mass is 19.3. The Morgan fingerprint density at radius 1 is 1.30 bits per heavy atom. The molecule has 1 saturated carbocycles. The van der Waals surface area contributed by atoms with Crippen LogP contribution in [0.2, 0.25) is 0 Å². The molecule has 176 valence electrons. The molecule has 0 bridgehead atoms. The van der Waals surface area contributed by atoms with Crippen LogP contribution in [-0.4, -0.2) is 52.4 Å². The molecule has 0 saturated heterocycles. The smallest absolute Gasteiger partial charge is 0.387 e. The molecule has 1 aliphatic carbocycles. The molecule has 1 fully saturated rings. The molecule has 0 unspecified atom stereocenters. The quantitative estimate of drug-likeness (QED) is 0.505. The average Bonchev–Trinajstić information content (AvgIpc) is 3.47. The lowest BCUT2D eigenvalue weighted by Crippen LogP contribution is -2.32. The van der Waals surface area contributed by atoms with E-state index in [1.807, 2.05) is 0 Å². The highest BCUT2D eigenvalue weighted by Crippen LogP contribution is 2.37. The number of benzene rings is 1. The normalized spacial score (nSPS) is 13.9. The Morgan fingerprint density at radius 3 is 2.67 bits per heavy atom. The molecular weight excluding hydrogens is 436 g/mol. The van der Waals surface area contributed by atoms with Gasteiger partial charge < -0.3 is 24.6 Å². The third-order valence-corrected chi connectivity index (χ3v) is 5.20. The summed E-state index contributed by atoms with van der Waals surface area (Å²) in [5.41, 5.74) is 0.748. The van der Waals surface area contributed by atoms with E-state index in [9.17, 15) is 18.7 Å². The summed E-state index contributed by atoms with van der Waals surface area (Å²) in [4.78, 5) is 17.1. The highest BCUT2D eigenvalue weighted by molar-refractivity contribution is 6.01. The zero-order valence-electron chi connectivity index (χ0n) is 18.5. The van der Waals surface area contributed by atoms with Crippen LogP contribution in [0.4, 0.5) is 8.78 Å². The van der Waals surface area contributed by atoms with Gasteiger partial charge in [-0.1, -0.05) is 0 Å². The minimum absolute atomic E-state index is 0.0345. The Balaban J connectivity index is 1.75. The van der Waals surface area contributed by atoms with Crippen molar-refractivity contribution in [2.45, 2.75) is 44.9 Å². The van der Waals surface area contributed by atoms with Crippen LogP contribution >= 0.6 is 0 Å². The summed E-state index contributed by atoms with van der Waals surface area (Å²) in [6, 6.07) is 6.40. The topological polar surface area (TPSA) is 94.3 Å². The molecule has 33 heavy (non-hydrogen) atoms. The Bertz CT molecular complexity index is 1170. The lowest BCUT2D eigenvalue weighted by molar-refractivity contribution is -0.0502. The Kier molecular flexibility index (Phi) is 6.11. The lowest BCUT2D eigenvalue weighted by Gasteiger charge is -2.23. The van der Waals surface area contributed by atoms with E-state index in [4.69, 9.17) is 14.2 Å². The van der Waals surface area contributed by atoms with Gasteiger partial charge in [-0.2, -0.15) is 8.78 Å². The molecule has 8 nitrogen and oxygen atoms in total. The van der Waals surface area contributed by atoms with Crippen molar-refractivity contribution < 1.29 is 32.9 Å². The zero-order valence-corrected chi connectivity index (χ0v) is 18.5. The van der Waals surface area contributed by atoms with Crippen LogP contribution < -0.4 is 19.5 Å². The second kappa shape index (κ2) is 8.86. The first-order valence-electron chi connectivity index (χ1n) is 10.5. The predicted octanol–water partition coefficient (Wildman–Crippen LogP) is 3.65. The summed E-state index contributed by atoms with van der Waals surface area (Å²) >= 11 is 0. The van der Waals surface area contributed by atoms with E-state index >= 15 is 0 Å². The number of aliphatic hydroxyl groups excluding tert-OH is 1. The molecule has 2 N–H and O–H groups in total. The van der Waals surface area contributed by atoms with Crippen molar-refractivity contribution in [3.63, 3.8) is 0 Å². The molecule has 4 rings (SSSR count). The van der Waals surface area contributed by atoms with Crippen molar-refractivity contribution in [2.75, 3.05) is 13.7 Å². The second-order valence-electron chi connectivity index (χ2n) is 8.43. The van der Waals surface area contributed by atoms with E-state index in [1.54, 1.807) is 48.8 Å². The third kappa shape index (κ3) is 5.00. The largest absolute Gasteiger partial charge is 0.496 e. The van der Waals surface area contributed by atoms with E-state index < -0.39 is 18.1 Å². The van der Waals surface area contributed by atoms with Gasteiger partial charge >= 0.3 is 6.61 Å². The number of amides is 1. The Morgan fingerprint density at radius 2 is 2.03 bits per heavy atom. The van der Waals surface area contributed by atoms with Gasteiger partial charge in [-0.25, -0.2) is 4.98 Å². The van der Waals surface area contributed by atoms with Gasteiger partial charge in [0, 0.05) is 23.9 Å². The van der Waals surface area contributed by atoms with Crippen LogP contribution in [0.5, 0.6) is 17.2 Å². The van der Waals surface area contributed by atoms with Gasteiger partial charge in [-0.3, -0.25) is 9.20 Å². The van der Waals surface area contributed by atoms with Crippen molar-refractivity contribution in [3.05, 3.63) is 42.2 Å². The summed E-state index contributed by atoms with van der Waals surface area (Å²) in [5, 5.41) is 12.2. The summed E-state index contributed by atoms with van der Waals surface area (Å²) in [6.45, 7) is 0.234. The standard InChI is InChI=1S/C23H25F2N3O5/c1-23(2,12-29)33-15-6-7-28-16(11-26-19(28)10-15)13-8-17(31-3)20(18(9-13)32-22(24)25)21(30)27-14-4-5-14/h6-11,14,22,29H,4-5,12H2,1-3H3,(H,27,30). The minimum Gasteiger partial charge on any atom is -0.496 e. The first-order chi connectivity index (χ1) is 15.7. The third-order valence-electron chi connectivity index (χ3n) is 5.20. The summed E-state index contributed by atoms with van der Waals surface area (Å²) in [7, 11) is 1.36. The number of hydrogen-bond acceptors (Lipinski definition) is 6. The molecule has 2 aromatic heterocycles. The monoisotopic (exact) mass is 461 g/mol. The molecule has 1 amide bonds. The van der Waals surface area contributed by atoms with Crippen molar-refractivity contribution in [2.24, 2.45) is 0 Å². The Labute approximate surface area is 189 Å². The summed E-state index contributed by atoms with van der Waals surface area (Å²) in [6.07, 6.45) is 4.98. The number of halogens is 2. The first-order valence-corrected chi connectivity index (χ1v) is 10.5. The molecule has 1 aliphatic rings. The number of methoxy groups -OCH3 is 1. The van der Waals surface area contributed by atoms with Gasteiger partial charge in [-0.05, 0) is 44.9 Å². The zero-order chi connectivity index (χ0) is 23.8.